The van der Waals surface area contributed by atoms with Crippen molar-refractivity contribution in [2.24, 2.45) is 4.40 Å². The predicted molar refractivity (Wildman–Crippen MR) is 45.6 cm³/mol. The average molecular weight is 185 g/mol. The molecule has 0 bridgehead atoms. The monoisotopic (exact) mass is 185 g/mol. The second kappa shape index (κ2) is 3.46. The number of hydrogen-bond donors (Lipinski definition) is 1. The van der Waals surface area contributed by atoms with Crippen LogP contribution < -0.4 is 0 Å². The summed E-state index contributed by atoms with van der Waals surface area (Å²) < 4.78 is 31.5. The van der Waals surface area contributed by atoms with Crippen LogP contribution in [0.25, 0.3) is 0 Å². The van der Waals surface area contributed by atoms with E-state index in [4.69, 9.17) is 4.55 Å². The minimum atomic E-state index is -4.25. The van der Waals surface area contributed by atoms with Gasteiger partial charge in [0.2, 0.25) is 0 Å². The summed E-state index contributed by atoms with van der Waals surface area (Å²) in [4.78, 5) is 0. The highest BCUT2D eigenvalue weighted by atomic mass is 32.2. The summed E-state index contributed by atoms with van der Waals surface area (Å²) in [5.41, 5.74) is 0.620. The summed E-state index contributed by atoms with van der Waals surface area (Å²) >= 11 is 0. The van der Waals surface area contributed by atoms with Crippen molar-refractivity contribution in [1.29, 1.82) is 0 Å². The van der Waals surface area contributed by atoms with Gasteiger partial charge in [0.15, 0.2) is 0 Å². The van der Waals surface area contributed by atoms with Crippen molar-refractivity contribution in [3.63, 3.8) is 0 Å². The van der Waals surface area contributed by atoms with Crippen LogP contribution in [0.15, 0.2) is 34.7 Å². The van der Waals surface area contributed by atoms with Crippen molar-refractivity contribution in [3.05, 3.63) is 35.9 Å². The first kappa shape index (κ1) is 8.89. The average Bonchev–Trinajstić information content (AvgIpc) is 2.02. The molecule has 0 fully saturated rings. The van der Waals surface area contributed by atoms with Crippen molar-refractivity contribution < 1.29 is 13.0 Å². The fourth-order valence-electron chi connectivity index (χ4n) is 0.667. The van der Waals surface area contributed by atoms with Gasteiger partial charge in [-0.15, -0.1) is 4.40 Å². The zero-order chi connectivity index (χ0) is 9.03. The molecule has 0 atom stereocenters. The molecule has 0 spiro atoms. The van der Waals surface area contributed by atoms with E-state index < -0.39 is 10.3 Å². The zero-order valence-electron chi connectivity index (χ0n) is 6.08. The minimum absolute atomic E-state index is 0.620. The summed E-state index contributed by atoms with van der Waals surface area (Å²) in [6, 6.07) is 8.63. The van der Waals surface area contributed by atoms with Gasteiger partial charge in [0.25, 0.3) is 0 Å². The van der Waals surface area contributed by atoms with Crippen LogP contribution in [0.1, 0.15) is 5.56 Å². The van der Waals surface area contributed by atoms with Gasteiger partial charge < -0.3 is 0 Å². The van der Waals surface area contributed by atoms with Gasteiger partial charge in [-0.25, -0.2) is 0 Å². The maximum atomic E-state index is 10.2. The SMILES string of the molecule is O=S(=O)(O)N=Cc1ccccc1. The Balaban J connectivity index is 2.85. The van der Waals surface area contributed by atoms with E-state index in [9.17, 15) is 8.42 Å². The molecule has 0 saturated heterocycles. The molecule has 1 aromatic rings. The van der Waals surface area contributed by atoms with E-state index in [0.717, 1.165) is 6.21 Å². The molecule has 1 aromatic carbocycles. The first-order chi connectivity index (χ1) is 5.58. The molecule has 1 N–H and O–H groups in total. The lowest BCUT2D eigenvalue weighted by atomic mass is 10.2. The second-order valence-electron chi connectivity index (χ2n) is 2.09. The molecule has 1 rings (SSSR count). The third-order valence-electron chi connectivity index (χ3n) is 1.13. The van der Waals surface area contributed by atoms with Gasteiger partial charge in [0.1, 0.15) is 0 Å². The van der Waals surface area contributed by atoms with Gasteiger partial charge in [0.05, 0.1) is 0 Å². The van der Waals surface area contributed by atoms with Crippen LogP contribution in [0.2, 0.25) is 0 Å². The third kappa shape index (κ3) is 3.27. The molecule has 0 heterocycles. The molecule has 0 radical (unpaired) electrons. The topological polar surface area (TPSA) is 66.7 Å². The molecule has 12 heavy (non-hydrogen) atoms. The van der Waals surface area contributed by atoms with Crippen LogP contribution in [-0.4, -0.2) is 19.2 Å². The van der Waals surface area contributed by atoms with Crippen LogP contribution in [0.4, 0.5) is 0 Å². The van der Waals surface area contributed by atoms with E-state index in [1.807, 2.05) is 0 Å². The summed E-state index contributed by atoms with van der Waals surface area (Å²) in [5.74, 6) is 0. The van der Waals surface area contributed by atoms with Gasteiger partial charge in [-0.2, -0.15) is 8.42 Å². The molecule has 0 unspecified atom stereocenters. The molecular formula is C7H7NO3S. The fraction of sp³-hybridized carbons (Fsp3) is 0. The van der Waals surface area contributed by atoms with Gasteiger partial charge in [-0.3, -0.25) is 4.55 Å². The highest BCUT2D eigenvalue weighted by molar-refractivity contribution is 7.84. The lowest BCUT2D eigenvalue weighted by Gasteiger charge is -1.88. The van der Waals surface area contributed by atoms with E-state index in [-0.39, 0.29) is 0 Å². The van der Waals surface area contributed by atoms with E-state index in [2.05, 4.69) is 4.40 Å². The Morgan fingerprint density at radius 3 is 2.33 bits per heavy atom. The number of nitrogens with zero attached hydrogens (tertiary/aromatic N) is 1. The quantitative estimate of drug-likeness (QED) is 0.550. The standard InChI is InChI=1S/C7H7NO3S/c9-12(10,11)8-6-7-4-2-1-3-5-7/h1-6H,(H,9,10,11). The van der Waals surface area contributed by atoms with Crippen LogP contribution in [0.5, 0.6) is 0 Å². The van der Waals surface area contributed by atoms with E-state index in [0.29, 0.717) is 5.56 Å². The van der Waals surface area contributed by atoms with Crippen molar-refractivity contribution in [2.75, 3.05) is 0 Å². The summed E-state index contributed by atoms with van der Waals surface area (Å²) in [6.07, 6.45) is 1.08. The molecule has 4 nitrogen and oxygen atoms in total. The normalized spacial score (nSPS) is 12.1. The zero-order valence-corrected chi connectivity index (χ0v) is 6.90. The summed E-state index contributed by atoms with van der Waals surface area (Å²) in [5, 5.41) is 0. The maximum absolute atomic E-state index is 10.2. The number of hydrogen-bond acceptors (Lipinski definition) is 2. The lowest BCUT2D eigenvalue weighted by Crippen LogP contribution is -1.92. The molecule has 0 aliphatic rings. The number of benzene rings is 1. The van der Waals surface area contributed by atoms with Crippen LogP contribution in [-0.2, 0) is 10.3 Å². The highest BCUT2D eigenvalue weighted by Crippen LogP contribution is 1.95. The van der Waals surface area contributed by atoms with Crippen LogP contribution in [0.3, 0.4) is 0 Å². The van der Waals surface area contributed by atoms with Crippen molar-refractivity contribution >= 4 is 16.5 Å². The van der Waals surface area contributed by atoms with Gasteiger partial charge in [-0.05, 0) is 5.56 Å². The molecule has 0 aromatic heterocycles. The molecule has 0 aliphatic carbocycles. The van der Waals surface area contributed by atoms with Crippen molar-refractivity contribution in [3.8, 4) is 0 Å². The molecule has 0 amide bonds. The second-order valence-corrected chi connectivity index (χ2v) is 3.20. The van der Waals surface area contributed by atoms with Crippen molar-refractivity contribution in [1.82, 2.24) is 0 Å². The van der Waals surface area contributed by atoms with Crippen LogP contribution >= 0.6 is 0 Å². The molecular weight excluding hydrogens is 178 g/mol. The first-order valence-corrected chi connectivity index (χ1v) is 4.55. The smallest absolute Gasteiger partial charge is 0.268 e. The number of rotatable bonds is 2. The largest absolute Gasteiger partial charge is 0.378 e. The Morgan fingerprint density at radius 1 is 1.25 bits per heavy atom. The Hall–Kier alpha value is -1.20. The Morgan fingerprint density at radius 2 is 1.83 bits per heavy atom. The predicted octanol–water partition coefficient (Wildman–Crippen LogP) is 0.908. The Labute approximate surface area is 70.5 Å². The third-order valence-corrected chi connectivity index (χ3v) is 1.51. The molecule has 5 heteroatoms. The van der Waals surface area contributed by atoms with Crippen molar-refractivity contribution in [2.45, 2.75) is 0 Å². The minimum Gasteiger partial charge on any atom is -0.268 e. The van der Waals surface area contributed by atoms with E-state index in [1.165, 1.54) is 0 Å². The molecule has 0 aliphatic heterocycles. The molecule has 0 saturated carbocycles. The van der Waals surface area contributed by atoms with Gasteiger partial charge >= 0.3 is 10.3 Å². The highest BCUT2D eigenvalue weighted by Gasteiger charge is 1.95. The van der Waals surface area contributed by atoms with Crippen LogP contribution in [0, 0.1) is 0 Å². The first-order valence-electron chi connectivity index (χ1n) is 3.16. The summed E-state index contributed by atoms with van der Waals surface area (Å²) in [7, 11) is -4.25. The summed E-state index contributed by atoms with van der Waals surface area (Å²) in [6.45, 7) is 0. The fourth-order valence-corrected chi connectivity index (χ4v) is 0.921. The Bertz CT molecular complexity index is 369. The maximum Gasteiger partial charge on any atom is 0.378 e. The van der Waals surface area contributed by atoms with Gasteiger partial charge in [-0.1, -0.05) is 30.3 Å². The van der Waals surface area contributed by atoms with E-state index >= 15 is 0 Å². The lowest BCUT2D eigenvalue weighted by molar-refractivity contribution is 0.485. The van der Waals surface area contributed by atoms with E-state index in [1.54, 1.807) is 30.3 Å². The van der Waals surface area contributed by atoms with Gasteiger partial charge in [0, 0.05) is 6.21 Å². The molecule has 64 valence electrons. The Kier molecular flexibility index (Phi) is 2.57.